The fourth-order valence-electron chi connectivity index (χ4n) is 2.91. The molecule has 1 saturated carbocycles. The summed E-state index contributed by atoms with van der Waals surface area (Å²) in [5, 5.41) is 2.03. The van der Waals surface area contributed by atoms with Crippen LogP contribution in [0.25, 0.3) is 0 Å². The highest BCUT2D eigenvalue weighted by Crippen LogP contribution is 2.35. The first-order valence-corrected chi connectivity index (χ1v) is 7.56. The van der Waals surface area contributed by atoms with Gasteiger partial charge in [0.25, 0.3) is 0 Å². The van der Waals surface area contributed by atoms with E-state index in [1.54, 1.807) is 11.3 Å². The number of carbonyl (C=O) groups is 1. The fraction of sp³-hybridized carbons (Fsp3) is 0.667. The summed E-state index contributed by atoms with van der Waals surface area (Å²) >= 11 is 1.68. The third kappa shape index (κ3) is 2.79. The van der Waals surface area contributed by atoms with Crippen LogP contribution in [0, 0.1) is 24.7 Å². The molecular formula is C15H22OS. The van der Waals surface area contributed by atoms with E-state index in [-0.39, 0.29) is 0 Å². The van der Waals surface area contributed by atoms with Gasteiger partial charge in [-0.3, -0.25) is 4.79 Å². The van der Waals surface area contributed by atoms with Gasteiger partial charge in [-0.25, -0.2) is 0 Å². The standard InChI is InChI=1S/C15H22OS/c1-10(2)12-4-6-13(7-5-12)15(16)14-8-9-17-11(14)3/h8-10,12-13H,4-7H2,1-3H3. The predicted octanol–water partition coefficient (Wildman–Crippen LogP) is 4.70. The van der Waals surface area contributed by atoms with Crippen LogP contribution in [0.5, 0.6) is 0 Å². The van der Waals surface area contributed by atoms with Gasteiger partial charge in [-0.15, -0.1) is 11.3 Å². The molecule has 0 bridgehead atoms. The molecule has 94 valence electrons. The highest BCUT2D eigenvalue weighted by Gasteiger charge is 2.28. The van der Waals surface area contributed by atoms with Gasteiger partial charge in [-0.1, -0.05) is 13.8 Å². The van der Waals surface area contributed by atoms with E-state index in [4.69, 9.17) is 0 Å². The molecule has 0 spiro atoms. The van der Waals surface area contributed by atoms with E-state index >= 15 is 0 Å². The summed E-state index contributed by atoms with van der Waals surface area (Å²) < 4.78 is 0. The zero-order valence-corrected chi connectivity index (χ0v) is 11.8. The Kier molecular flexibility index (Phi) is 4.03. The average molecular weight is 250 g/mol. The van der Waals surface area contributed by atoms with E-state index < -0.39 is 0 Å². The predicted molar refractivity (Wildman–Crippen MR) is 73.7 cm³/mol. The first-order valence-electron chi connectivity index (χ1n) is 6.68. The monoisotopic (exact) mass is 250 g/mol. The van der Waals surface area contributed by atoms with Crippen molar-refractivity contribution >= 4 is 17.1 Å². The quantitative estimate of drug-likeness (QED) is 0.711. The maximum atomic E-state index is 12.4. The van der Waals surface area contributed by atoms with Crippen LogP contribution in [-0.4, -0.2) is 5.78 Å². The number of rotatable bonds is 3. The molecule has 0 aromatic carbocycles. The third-order valence-corrected chi connectivity index (χ3v) is 5.06. The molecular weight excluding hydrogens is 228 g/mol. The van der Waals surface area contributed by atoms with Crippen LogP contribution < -0.4 is 0 Å². The van der Waals surface area contributed by atoms with Crippen LogP contribution in [0.3, 0.4) is 0 Å². The maximum absolute atomic E-state index is 12.4. The summed E-state index contributed by atoms with van der Waals surface area (Å²) in [4.78, 5) is 13.5. The van der Waals surface area contributed by atoms with Gasteiger partial charge in [0.15, 0.2) is 5.78 Å². The molecule has 1 nitrogen and oxygen atoms in total. The van der Waals surface area contributed by atoms with Crippen LogP contribution in [0.2, 0.25) is 0 Å². The summed E-state index contributed by atoms with van der Waals surface area (Å²) in [6, 6.07) is 2.00. The SMILES string of the molecule is Cc1sccc1C(=O)C1CCC(C(C)C)CC1. The van der Waals surface area contributed by atoms with Crippen LogP contribution in [0.1, 0.15) is 54.8 Å². The molecule has 0 unspecified atom stereocenters. The maximum Gasteiger partial charge on any atom is 0.167 e. The normalized spacial score (nSPS) is 25.2. The van der Waals surface area contributed by atoms with Crippen LogP contribution in [0.15, 0.2) is 11.4 Å². The van der Waals surface area contributed by atoms with Gasteiger partial charge in [0, 0.05) is 16.4 Å². The van der Waals surface area contributed by atoms with Gasteiger partial charge in [-0.2, -0.15) is 0 Å². The number of thiophene rings is 1. The number of aryl methyl sites for hydroxylation is 1. The fourth-order valence-corrected chi connectivity index (χ4v) is 3.61. The van der Waals surface area contributed by atoms with E-state index in [9.17, 15) is 4.79 Å². The van der Waals surface area contributed by atoms with E-state index in [1.165, 1.54) is 17.7 Å². The zero-order valence-electron chi connectivity index (χ0n) is 11.0. The van der Waals surface area contributed by atoms with Gasteiger partial charge in [0.2, 0.25) is 0 Å². The Balaban J connectivity index is 1.98. The number of ketones is 1. The summed E-state index contributed by atoms with van der Waals surface area (Å²) in [5.74, 6) is 2.29. The molecule has 1 aliphatic rings. The van der Waals surface area contributed by atoms with Crippen LogP contribution in [0.4, 0.5) is 0 Å². The summed E-state index contributed by atoms with van der Waals surface area (Å²) in [7, 11) is 0. The molecule has 17 heavy (non-hydrogen) atoms. The second-order valence-electron chi connectivity index (χ2n) is 5.61. The molecule has 2 heteroatoms. The zero-order chi connectivity index (χ0) is 12.4. The van der Waals surface area contributed by atoms with Crippen LogP contribution >= 0.6 is 11.3 Å². The summed E-state index contributed by atoms with van der Waals surface area (Å²) in [6.07, 6.45) is 4.66. The van der Waals surface area contributed by atoms with Crippen LogP contribution in [-0.2, 0) is 0 Å². The molecule has 1 aromatic heterocycles. The summed E-state index contributed by atoms with van der Waals surface area (Å²) in [5.41, 5.74) is 0.975. The molecule has 2 rings (SSSR count). The van der Waals surface area contributed by atoms with Crippen molar-refractivity contribution in [1.29, 1.82) is 0 Å². The van der Waals surface area contributed by atoms with E-state index in [0.29, 0.717) is 11.7 Å². The smallest absolute Gasteiger partial charge is 0.167 e. The number of carbonyl (C=O) groups excluding carboxylic acids is 1. The minimum absolute atomic E-state index is 0.290. The second kappa shape index (κ2) is 5.34. The van der Waals surface area contributed by atoms with Gasteiger partial charge in [0.05, 0.1) is 0 Å². The first kappa shape index (κ1) is 12.8. The lowest BCUT2D eigenvalue weighted by Crippen LogP contribution is -2.24. The summed E-state index contributed by atoms with van der Waals surface area (Å²) in [6.45, 7) is 6.66. The first-order chi connectivity index (χ1) is 8.09. The molecule has 0 atom stereocenters. The molecule has 0 N–H and O–H groups in total. The minimum Gasteiger partial charge on any atom is -0.294 e. The number of hydrogen-bond acceptors (Lipinski definition) is 2. The van der Waals surface area contributed by atoms with E-state index in [1.807, 2.05) is 11.4 Å². The molecule has 1 aliphatic carbocycles. The average Bonchev–Trinajstić information content (AvgIpc) is 2.74. The lowest BCUT2D eigenvalue weighted by molar-refractivity contribution is 0.0859. The van der Waals surface area contributed by atoms with Gasteiger partial charge in [0.1, 0.15) is 0 Å². The highest BCUT2D eigenvalue weighted by molar-refractivity contribution is 7.10. The lowest BCUT2D eigenvalue weighted by Gasteiger charge is -2.30. The lowest BCUT2D eigenvalue weighted by atomic mass is 9.75. The van der Waals surface area contributed by atoms with E-state index in [0.717, 1.165) is 30.2 Å². The Hall–Kier alpha value is -0.630. The Morgan fingerprint density at radius 3 is 2.41 bits per heavy atom. The van der Waals surface area contributed by atoms with Crippen molar-refractivity contribution in [3.8, 4) is 0 Å². The van der Waals surface area contributed by atoms with Crippen molar-refractivity contribution in [1.82, 2.24) is 0 Å². The van der Waals surface area contributed by atoms with Gasteiger partial charge >= 0.3 is 0 Å². The Labute approximate surface area is 108 Å². The molecule has 0 saturated heterocycles. The number of hydrogen-bond donors (Lipinski definition) is 0. The highest BCUT2D eigenvalue weighted by atomic mass is 32.1. The van der Waals surface area contributed by atoms with Crippen molar-refractivity contribution < 1.29 is 4.79 Å². The van der Waals surface area contributed by atoms with Crippen molar-refractivity contribution in [3.05, 3.63) is 21.9 Å². The largest absolute Gasteiger partial charge is 0.294 e. The third-order valence-electron chi connectivity index (χ3n) is 4.21. The molecule has 1 aromatic rings. The van der Waals surface area contributed by atoms with Crippen molar-refractivity contribution in [3.63, 3.8) is 0 Å². The Morgan fingerprint density at radius 2 is 1.94 bits per heavy atom. The number of Topliss-reactive ketones (excluding diaryl/α,β-unsaturated/α-hetero) is 1. The molecule has 1 fully saturated rings. The van der Waals surface area contributed by atoms with Crippen molar-refractivity contribution in [2.75, 3.05) is 0 Å². The Morgan fingerprint density at radius 1 is 1.29 bits per heavy atom. The molecule has 0 radical (unpaired) electrons. The van der Waals surface area contributed by atoms with Gasteiger partial charge in [-0.05, 0) is 55.9 Å². The second-order valence-corrected chi connectivity index (χ2v) is 6.73. The van der Waals surface area contributed by atoms with Crippen molar-refractivity contribution in [2.45, 2.75) is 46.5 Å². The molecule has 0 aliphatic heterocycles. The molecule has 0 amide bonds. The molecule has 1 heterocycles. The topological polar surface area (TPSA) is 17.1 Å². The van der Waals surface area contributed by atoms with Crippen molar-refractivity contribution in [2.24, 2.45) is 17.8 Å². The van der Waals surface area contributed by atoms with Gasteiger partial charge < -0.3 is 0 Å². The minimum atomic E-state index is 0.290. The Bertz CT molecular complexity index is 383. The van der Waals surface area contributed by atoms with E-state index in [2.05, 4.69) is 20.8 Å².